The van der Waals surface area contributed by atoms with Crippen LogP contribution in [0.5, 0.6) is 0 Å². The third-order valence-corrected chi connectivity index (χ3v) is 8.44. The Morgan fingerprint density at radius 3 is 2.23 bits per heavy atom. The van der Waals surface area contributed by atoms with Gasteiger partial charge in [-0.15, -0.1) is 0 Å². The van der Waals surface area contributed by atoms with E-state index in [4.69, 9.17) is 17.0 Å². The first-order valence-corrected chi connectivity index (χ1v) is 12.5. The molecule has 1 aromatic carbocycles. The summed E-state index contributed by atoms with van der Waals surface area (Å²) in [6.07, 6.45) is 1.91. The van der Waals surface area contributed by atoms with Gasteiger partial charge in [-0.25, -0.2) is 0 Å². The molecule has 0 aliphatic carbocycles. The van der Waals surface area contributed by atoms with Gasteiger partial charge in [-0.1, -0.05) is 30.3 Å². The van der Waals surface area contributed by atoms with Crippen LogP contribution in [-0.4, -0.2) is 82.5 Å². The Morgan fingerprint density at radius 1 is 1.00 bits per heavy atom. The van der Waals surface area contributed by atoms with Gasteiger partial charge in [-0.05, 0) is 31.6 Å². The standard InChI is InChI=1S/C21H31N5O3S2/c1-17-13-26(14-18(2)29-17)31(27,28)25-11-9-23(10-12-25)16-24-15-20(22(3)21(24)30)19-7-5-4-6-8-19/h4-8,15,17-18H,9-14,16H2,1-3H3. The van der Waals surface area contributed by atoms with Crippen molar-refractivity contribution < 1.29 is 13.2 Å². The molecule has 2 aliphatic heterocycles. The lowest BCUT2D eigenvalue weighted by atomic mass is 10.2. The number of aromatic nitrogens is 2. The minimum atomic E-state index is -3.47. The lowest BCUT2D eigenvalue weighted by molar-refractivity contribution is -0.0458. The Bertz CT molecular complexity index is 1050. The fraction of sp³-hybridized carbons (Fsp3) is 0.571. The summed E-state index contributed by atoms with van der Waals surface area (Å²) in [6.45, 7) is 7.62. The minimum absolute atomic E-state index is 0.0846. The molecule has 0 saturated carbocycles. The van der Waals surface area contributed by atoms with Crippen molar-refractivity contribution in [3.63, 3.8) is 0 Å². The molecule has 31 heavy (non-hydrogen) atoms. The van der Waals surface area contributed by atoms with Gasteiger partial charge in [0.15, 0.2) is 4.77 Å². The quantitative estimate of drug-likeness (QED) is 0.634. The molecule has 0 bridgehead atoms. The first-order valence-electron chi connectivity index (χ1n) is 10.7. The van der Waals surface area contributed by atoms with E-state index in [1.165, 1.54) is 0 Å². The lowest BCUT2D eigenvalue weighted by Gasteiger charge is -2.40. The molecule has 2 atom stereocenters. The molecular formula is C21H31N5O3S2. The number of piperazine rings is 1. The topological polar surface area (TPSA) is 63.0 Å². The van der Waals surface area contributed by atoms with Crippen LogP contribution in [0, 0.1) is 4.77 Å². The van der Waals surface area contributed by atoms with Crippen molar-refractivity contribution in [1.29, 1.82) is 0 Å². The van der Waals surface area contributed by atoms with E-state index in [9.17, 15) is 8.42 Å². The van der Waals surface area contributed by atoms with Crippen molar-refractivity contribution in [3.05, 3.63) is 41.3 Å². The van der Waals surface area contributed by atoms with Crippen molar-refractivity contribution >= 4 is 22.4 Å². The maximum absolute atomic E-state index is 13.1. The molecule has 10 heteroatoms. The molecule has 170 valence electrons. The minimum Gasteiger partial charge on any atom is -0.373 e. The smallest absolute Gasteiger partial charge is 0.282 e. The van der Waals surface area contributed by atoms with E-state index in [-0.39, 0.29) is 12.2 Å². The van der Waals surface area contributed by atoms with E-state index in [0.717, 1.165) is 16.0 Å². The number of hydrogen-bond donors (Lipinski definition) is 0. The van der Waals surface area contributed by atoms with Crippen molar-refractivity contribution in [2.45, 2.75) is 32.7 Å². The summed E-state index contributed by atoms with van der Waals surface area (Å²) in [5.74, 6) is 0. The van der Waals surface area contributed by atoms with Crippen LogP contribution in [0.1, 0.15) is 13.8 Å². The van der Waals surface area contributed by atoms with E-state index in [2.05, 4.69) is 27.8 Å². The molecule has 0 N–H and O–H groups in total. The highest BCUT2D eigenvalue weighted by atomic mass is 32.2. The fourth-order valence-electron chi connectivity index (χ4n) is 4.36. The van der Waals surface area contributed by atoms with Crippen molar-refractivity contribution in [2.24, 2.45) is 7.05 Å². The summed E-state index contributed by atoms with van der Waals surface area (Å²) in [7, 11) is -1.48. The highest BCUT2D eigenvalue weighted by molar-refractivity contribution is 7.86. The predicted octanol–water partition coefficient (Wildman–Crippen LogP) is 2.15. The summed E-state index contributed by atoms with van der Waals surface area (Å²) in [6, 6.07) is 10.2. The summed E-state index contributed by atoms with van der Waals surface area (Å²) >= 11 is 5.65. The molecule has 0 spiro atoms. The molecule has 2 unspecified atom stereocenters. The van der Waals surface area contributed by atoms with E-state index < -0.39 is 10.2 Å². The first-order chi connectivity index (χ1) is 14.8. The van der Waals surface area contributed by atoms with Gasteiger partial charge in [0.1, 0.15) is 0 Å². The van der Waals surface area contributed by atoms with Crippen LogP contribution in [0.2, 0.25) is 0 Å². The van der Waals surface area contributed by atoms with Crippen LogP contribution in [0.4, 0.5) is 0 Å². The van der Waals surface area contributed by atoms with Crippen LogP contribution in [0.3, 0.4) is 0 Å². The van der Waals surface area contributed by atoms with Gasteiger partial charge in [-0.3, -0.25) is 4.90 Å². The predicted molar refractivity (Wildman–Crippen MR) is 123 cm³/mol. The highest BCUT2D eigenvalue weighted by Gasteiger charge is 2.36. The van der Waals surface area contributed by atoms with Gasteiger partial charge in [0, 0.05) is 52.5 Å². The van der Waals surface area contributed by atoms with Crippen molar-refractivity contribution in [2.75, 3.05) is 39.3 Å². The SMILES string of the molecule is CC1CN(S(=O)(=O)N2CCN(Cn3cc(-c4ccccc4)n(C)c3=S)CC2)CC(C)O1. The number of hydrogen-bond acceptors (Lipinski definition) is 5. The largest absolute Gasteiger partial charge is 0.373 e. The maximum atomic E-state index is 13.1. The Morgan fingerprint density at radius 2 is 1.61 bits per heavy atom. The van der Waals surface area contributed by atoms with Gasteiger partial charge >= 0.3 is 0 Å². The number of imidazole rings is 1. The maximum Gasteiger partial charge on any atom is 0.282 e. The molecule has 1 aromatic heterocycles. The molecule has 0 amide bonds. The van der Waals surface area contributed by atoms with Gasteiger partial charge in [0.25, 0.3) is 10.2 Å². The Hall–Kier alpha value is -1.56. The zero-order valence-corrected chi connectivity index (χ0v) is 20.0. The van der Waals surface area contributed by atoms with Gasteiger partial charge in [0.05, 0.1) is 24.6 Å². The number of nitrogens with zero attached hydrogens (tertiary/aromatic N) is 5. The number of morpholine rings is 1. The summed E-state index contributed by atoms with van der Waals surface area (Å²) in [5.41, 5.74) is 2.20. The molecule has 2 aromatic rings. The normalized spacial score (nSPS) is 24.5. The number of rotatable bonds is 5. The van der Waals surface area contributed by atoms with Crippen LogP contribution >= 0.6 is 12.2 Å². The van der Waals surface area contributed by atoms with Gasteiger partial charge in [0.2, 0.25) is 0 Å². The Labute approximate surface area is 189 Å². The third-order valence-electron chi connectivity index (χ3n) is 5.96. The summed E-state index contributed by atoms with van der Waals surface area (Å²) in [4.78, 5) is 2.25. The monoisotopic (exact) mass is 465 g/mol. The lowest BCUT2D eigenvalue weighted by Crippen LogP contribution is -2.57. The Balaban J connectivity index is 1.40. The average Bonchev–Trinajstić information content (AvgIpc) is 3.02. The first kappa shape index (κ1) is 22.6. The zero-order chi connectivity index (χ0) is 22.2. The molecule has 2 saturated heterocycles. The third kappa shape index (κ3) is 4.79. The molecular weight excluding hydrogens is 434 g/mol. The second-order valence-electron chi connectivity index (χ2n) is 8.43. The van der Waals surface area contributed by atoms with E-state index in [1.807, 2.05) is 43.7 Å². The van der Waals surface area contributed by atoms with Crippen molar-refractivity contribution in [1.82, 2.24) is 22.6 Å². The van der Waals surface area contributed by atoms with E-state index >= 15 is 0 Å². The van der Waals surface area contributed by atoms with E-state index in [0.29, 0.717) is 45.9 Å². The molecule has 8 nitrogen and oxygen atoms in total. The summed E-state index contributed by atoms with van der Waals surface area (Å²) in [5, 5.41) is 0. The molecule has 3 heterocycles. The second kappa shape index (κ2) is 9.13. The van der Waals surface area contributed by atoms with E-state index in [1.54, 1.807) is 8.61 Å². The fourth-order valence-corrected chi connectivity index (χ4v) is 6.32. The van der Waals surface area contributed by atoms with Gasteiger partial charge in [-0.2, -0.15) is 17.0 Å². The summed E-state index contributed by atoms with van der Waals surface area (Å²) < 4.78 is 39.9. The number of benzene rings is 1. The van der Waals surface area contributed by atoms with Crippen molar-refractivity contribution in [3.8, 4) is 11.3 Å². The molecule has 2 fully saturated rings. The van der Waals surface area contributed by atoms with Crippen LogP contribution < -0.4 is 0 Å². The average molecular weight is 466 g/mol. The highest BCUT2D eigenvalue weighted by Crippen LogP contribution is 2.22. The van der Waals surface area contributed by atoms with Crippen LogP contribution in [0.15, 0.2) is 36.5 Å². The zero-order valence-electron chi connectivity index (χ0n) is 18.3. The second-order valence-corrected chi connectivity index (χ2v) is 10.7. The Kier molecular flexibility index (Phi) is 6.66. The molecule has 4 rings (SSSR count). The van der Waals surface area contributed by atoms with Crippen LogP contribution in [-0.2, 0) is 28.7 Å². The number of ether oxygens (including phenoxy) is 1. The molecule has 2 aliphatic rings. The van der Waals surface area contributed by atoms with Crippen LogP contribution in [0.25, 0.3) is 11.3 Å². The molecule has 0 radical (unpaired) electrons. The van der Waals surface area contributed by atoms with Gasteiger partial charge < -0.3 is 13.9 Å².